The largest absolute Gasteiger partial charge is 0.475 e. The topological polar surface area (TPSA) is 123 Å². The third-order valence-electron chi connectivity index (χ3n) is 9.60. The third kappa shape index (κ3) is 4.27. The first-order valence-corrected chi connectivity index (χ1v) is 16.0. The highest BCUT2D eigenvalue weighted by atomic mass is 32.1. The summed E-state index contributed by atoms with van der Waals surface area (Å²) in [5, 5.41) is 15.2. The highest BCUT2D eigenvalue weighted by Gasteiger charge is 2.47. The van der Waals surface area contributed by atoms with Gasteiger partial charge in [0.15, 0.2) is 6.73 Å². The van der Waals surface area contributed by atoms with Gasteiger partial charge in [-0.1, -0.05) is 18.5 Å². The van der Waals surface area contributed by atoms with Gasteiger partial charge in [-0.3, -0.25) is 0 Å². The number of hydrogen-bond donors (Lipinski definition) is 1. The first-order valence-electron chi connectivity index (χ1n) is 15.1. The maximum absolute atomic E-state index is 9.95. The Balaban J connectivity index is 1.34. The van der Waals surface area contributed by atoms with Gasteiger partial charge in [-0.05, 0) is 57.7 Å². The number of nitrogens with two attached hydrogens (primary N) is 1. The second-order valence-electron chi connectivity index (χ2n) is 12.1. The molecule has 0 amide bonds. The minimum Gasteiger partial charge on any atom is -0.475 e. The number of aromatic nitrogens is 3. The van der Waals surface area contributed by atoms with Gasteiger partial charge in [0.05, 0.1) is 11.3 Å². The number of allylic oxidation sites excluding steroid dienone is 1. The summed E-state index contributed by atoms with van der Waals surface area (Å²) in [6.45, 7) is 8.00. The van der Waals surface area contributed by atoms with Crippen molar-refractivity contribution in [1.29, 1.82) is 5.26 Å². The molecule has 4 aliphatic rings. The van der Waals surface area contributed by atoms with Gasteiger partial charge in [-0.25, -0.2) is 4.48 Å². The molecule has 0 saturated carbocycles. The first-order chi connectivity index (χ1) is 20.4. The molecule has 1 aliphatic carbocycles. The Kier molecular flexibility index (Phi) is 7.05. The van der Waals surface area contributed by atoms with E-state index in [9.17, 15) is 5.26 Å². The number of nitrogen functional groups attached to an aromatic ring is 1. The number of ether oxygens (including phenoxy) is 2. The van der Waals surface area contributed by atoms with Crippen LogP contribution in [0.1, 0.15) is 84.7 Å². The number of likely N-dealkylation sites (tertiary alicyclic amines) is 1. The maximum atomic E-state index is 9.95. The van der Waals surface area contributed by atoms with Gasteiger partial charge in [-0.2, -0.15) is 15.2 Å². The maximum Gasteiger partial charge on any atom is 0.249 e. The van der Waals surface area contributed by atoms with Gasteiger partial charge in [0.1, 0.15) is 42.1 Å². The summed E-state index contributed by atoms with van der Waals surface area (Å²) in [5.74, 6) is 2.55. The minimum atomic E-state index is -0.0340. The van der Waals surface area contributed by atoms with Crippen molar-refractivity contribution < 1.29 is 14.0 Å². The number of rotatable bonds is 7. The van der Waals surface area contributed by atoms with Crippen molar-refractivity contribution >= 4 is 28.2 Å². The van der Waals surface area contributed by atoms with Crippen LogP contribution >= 0.6 is 11.3 Å². The number of hydrogen-bond acceptors (Lipinski definition) is 10. The molecule has 220 valence electrons. The van der Waals surface area contributed by atoms with Crippen molar-refractivity contribution in [2.24, 2.45) is 0 Å². The molecule has 0 aromatic carbocycles. The van der Waals surface area contributed by atoms with Crippen LogP contribution in [0.25, 0.3) is 17.7 Å². The minimum absolute atomic E-state index is 0.0340. The number of anilines is 1. The zero-order valence-electron chi connectivity index (χ0n) is 24.6. The number of fused-ring (bicyclic) bond motifs is 3. The third-order valence-corrected chi connectivity index (χ3v) is 10.7. The Morgan fingerprint density at radius 3 is 2.90 bits per heavy atom. The van der Waals surface area contributed by atoms with E-state index in [1.54, 1.807) is 0 Å². The van der Waals surface area contributed by atoms with Crippen molar-refractivity contribution in [3.05, 3.63) is 38.5 Å². The smallest absolute Gasteiger partial charge is 0.249 e. The van der Waals surface area contributed by atoms with Gasteiger partial charge in [0, 0.05) is 35.4 Å². The second-order valence-corrected chi connectivity index (χ2v) is 13.2. The molecule has 3 atom stereocenters. The highest BCUT2D eigenvalue weighted by molar-refractivity contribution is 7.16. The summed E-state index contributed by atoms with van der Waals surface area (Å²) in [4.78, 5) is 13.8. The normalized spacial score (nSPS) is 25.0. The van der Waals surface area contributed by atoms with Gasteiger partial charge in [0.25, 0.3) is 0 Å². The van der Waals surface area contributed by atoms with E-state index in [4.69, 9.17) is 29.7 Å². The van der Waals surface area contributed by atoms with Crippen molar-refractivity contribution in [1.82, 2.24) is 24.5 Å². The summed E-state index contributed by atoms with van der Waals surface area (Å²) in [6, 6.07) is 2.73. The quantitative estimate of drug-likeness (QED) is 0.371. The summed E-state index contributed by atoms with van der Waals surface area (Å²) in [7, 11) is 2.16. The van der Waals surface area contributed by atoms with E-state index < -0.39 is 0 Å². The molecule has 2 N–H and O–H groups in total. The summed E-state index contributed by atoms with van der Waals surface area (Å²) >= 11 is 1.54. The lowest BCUT2D eigenvalue weighted by atomic mass is 9.81. The fourth-order valence-electron chi connectivity index (χ4n) is 7.24. The number of thiophene rings is 1. The van der Waals surface area contributed by atoms with E-state index in [2.05, 4.69) is 43.1 Å². The zero-order chi connectivity index (χ0) is 29.0. The van der Waals surface area contributed by atoms with Gasteiger partial charge in [0.2, 0.25) is 23.3 Å². The highest BCUT2D eigenvalue weighted by Crippen LogP contribution is 2.48. The Labute approximate surface area is 250 Å². The monoisotopic (exact) mass is 588 g/mol. The summed E-state index contributed by atoms with van der Waals surface area (Å²) in [5.41, 5.74) is 11.9. The van der Waals surface area contributed by atoms with Crippen LogP contribution < -0.4 is 15.0 Å². The van der Waals surface area contributed by atoms with Crippen molar-refractivity contribution in [2.75, 3.05) is 45.8 Å². The standard InChI is InChI=1S/C31H38N7O3S/c1-4-7-21-26(20-9-5-10-24-25(20)23(15-32)28(33)42-24)36-41-27(21)29-34-30-22(14-18(2)38(30)12-13-39-17-38)31(35-29)40-16-19-8-6-11-37(19)3/h14,19-20H,4-13,16-17,33H2,1-3H3/q+1/t19-,20-,38?/m0/s1. The predicted octanol–water partition coefficient (Wildman–Crippen LogP) is 5.21. The molecule has 2 saturated heterocycles. The molecule has 3 aromatic rings. The molecule has 6 heterocycles. The van der Waals surface area contributed by atoms with Crippen LogP contribution in [-0.2, 0) is 17.6 Å². The molecule has 2 fully saturated rings. The number of quaternary nitrogens is 1. The molecule has 42 heavy (non-hydrogen) atoms. The molecule has 1 spiro atoms. The molecule has 3 aliphatic heterocycles. The molecule has 0 radical (unpaired) electrons. The number of likely N-dealkylation sites (N-methyl/N-ethyl adjacent to an activating group) is 1. The Bertz CT molecular complexity index is 1600. The number of nitrogens with zero attached hydrogens (tertiary/aromatic N) is 6. The zero-order valence-corrected chi connectivity index (χ0v) is 25.4. The van der Waals surface area contributed by atoms with E-state index in [0.29, 0.717) is 58.5 Å². The van der Waals surface area contributed by atoms with Crippen molar-refractivity contribution in [3.8, 4) is 23.5 Å². The van der Waals surface area contributed by atoms with E-state index >= 15 is 0 Å². The van der Waals surface area contributed by atoms with E-state index in [-0.39, 0.29) is 5.92 Å². The van der Waals surface area contributed by atoms with E-state index in [1.165, 1.54) is 28.3 Å². The van der Waals surface area contributed by atoms with Crippen LogP contribution in [0.4, 0.5) is 10.8 Å². The SMILES string of the molecule is CCCc1c([C@H]2CCCc3sc(N)c(C#N)c32)noc1-c1nc(OC[C@@H]2CCCN2C)c2c(n1)[N+]1(CCOC1)C(C)=C2. The Morgan fingerprint density at radius 1 is 1.29 bits per heavy atom. The van der Waals surface area contributed by atoms with Crippen LogP contribution in [0, 0.1) is 11.3 Å². The van der Waals surface area contributed by atoms with Gasteiger partial charge >= 0.3 is 0 Å². The van der Waals surface area contributed by atoms with Gasteiger partial charge in [-0.15, -0.1) is 11.3 Å². The Morgan fingerprint density at radius 2 is 2.17 bits per heavy atom. The van der Waals surface area contributed by atoms with Crippen LogP contribution in [-0.4, -0.2) is 66.1 Å². The van der Waals surface area contributed by atoms with Crippen LogP contribution in [0.2, 0.25) is 0 Å². The van der Waals surface area contributed by atoms with Crippen LogP contribution in [0.15, 0.2) is 10.2 Å². The second kappa shape index (κ2) is 10.8. The Hall–Kier alpha value is -3.30. The van der Waals surface area contributed by atoms with Crippen molar-refractivity contribution in [2.45, 2.75) is 70.8 Å². The first kappa shape index (κ1) is 27.5. The molecule has 1 unspecified atom stereocenters. The lowest BCUT2D eigenvalue weighted by molar-refractivity contribution is 0.157. The molecular formula is C31H38N7O3S+. The average molecular weight is 589 g/mol. The molecule has 3 aromatic heterocycles. The fourth-order valence-corrected chi connectivity index (χ4v) is 8.37. The molecule has 0 bridgehead atoms. The molecule has 10 nitrogen and oxygen atoms in total. The van der Waals surface area contributed by atoms with E-state index in [1.807, 2.05) is 0 Å². The van der Waals surface area contributed by atoms with E-state index in [0.717, 1.165) is 79.8 Å². The summed E-state index contributed by atoms with van der Waals surface area (Å²) in [6.07, 6.45) is 9.00. The average Bonchev–Trinajstić information content (AvgIpc) is 3.81. The lowest BCUT2D eigenvalue weighted by Crippen LogP contribution is -2.44. The fraction of sp³-hybridized carbons (Fsp3) is 0.548. The van der Waals surface area contributed by atoms with Crippen molar-refractivity contribution in [3.63, 3.8) is 0 Å². The molecular weight excluding hydrogens is 550 g/mol. The predicted molar refractivity (Wildman–Crippen MR) is 162 cm³/mol. The lowest BCUT2D eigenvalue weighted by Gasteiger charge is -2.27. The van der Waals surface area contributed by atoms with Crippen LogP contribution in [0.3, 0.4) is 0 Å². The molecule has 7 rings (SSSR count). The molecule has 11 heteroatoms. The summed E-state index contributed by atoms with van der Waals surface area (Å²) < 4.78 is 19.1. The number of aryl methyl sites for hydroxylation is 1. The number of nitriles is 1. The van der Waals surface area contributed by atoms with Gasteiger partial charge < -0.3 is 24.6 Å². The van der Waals surface area contributed by atoms with Crippen LogP contribution in [0.5, 0.6) is 5.88 Å².